The van der Waals surface area contributed by atoms with Gasteiger partial charge >= 0.3 is 0 Å². The minimum atomic E-state index is -3.93. The predicted octanol–water partition coefficient (Wildman–Crippen LogP) is 2.71. The molecule has 2 saturated heterocycles. The number of anilines is 1. The lowest BCUT2D eigenvalue weighted by molar-refractivity contribution is -0.385. The van der Waals surface area contributed by atoms with Crippen LogP contribution in [0.4, 0.5) is 11.4 Å². The number of hydrogen-bond donors (Lipinski definition) is 0. The molecule has 33 heavy (non-hydrogen) atoms. The molecule has 0 aliphatic carbocycles. The van der Waals surface area contributed by atoms with Gasteiger partial charge in [0.15, 0.2) is 0 Å². The number of nitro groups is 1. The van der Waals surface area contributed by atoms with E-state index in [0.717, 1.165) is 19.6 Å². The fraction of sp³-hybridized carbons (Fsp3) is 0.478. The van der Waals surface area contributed by atoms with E-state index < -0.39 is 14.9 Å². The van der Waals surface area contributed by atoms with Gasteiger partial charge < -0.3 is 9.64 Å². The molecule has 0 radical (unpaired) electrons. The Labute approximate surface area is 194 Å². The molecule has 10 heteroatoms. The second-order valence-corrected chi connectivity index (χ2v) is 10.6. The molecule has 9 nitrogen and oxygen atoms in total. The van der Waals surface area contributed by atoms with Crippen molar-refractivity contribution in [3.8, 4) is 0 Å². The van der Waals surface area contributed by atoms with Crippen LogP contribution in [0.15, 0.2) is 53.4 Å². The first-order chi connectivity index (χ1) is 15.7. The van der Waals surface area contributed by atoms with Crippen molar-refractivity contribution < 1.29 is 18.1 Å². The first kappa shape index (κ1) is 23.6. The van der Waals surface area contributed by atoms with Crippen LogP contribution in [0, 0.1) is 10.1 Å². The normalized spacial score (nSPS) is 22.9. The van der Waals surface area contributed by atoms with E-state index in [0.29, 0.717) is 18.8 Å². The summed E-state index contributed by atoms with van der Waals surface area (Å²) in [5.74, 6) is 0. The third-order valence-corrected chi connectivity index (χ3v) is 7.98. The highest BCUT2D eigenvalue weighted by Gasteiger charge is 2.36. The third-order valence-electron chi connectivity index (χ3n) is 6.12. The summed E-state index contributed by atoms with van der Waals surface area (Å²) in [5, 5.41) is 11.4. The van der Waals surface area contributed by atoms with Crippen molar-refractivity contribution in [1.82, 2.24) is 9.21 Å². The lowest BCUT2D eigenvalue weighted by Crippen LogP contribution is -2.49. The summed E-state index contributed by atoms with van der Waals surface area (Å²) < 4.78 is 34.3. The maximum atomic E-state index is 13.6. The van der Waals surface area contributed by atoms with Crippen molar-refractivity contribution in [2.24, 2.45) is 0 Å². The van der Waals surface area contributed by atoms with Gasteiger partial charge in [-0.3, -0.25) is 15.0 Å². The van der Waals surface area contributed by atoms with Gasteiger partial charge in [-0.25, -0.2) is 8.42 Å². The number of nitrogens with zero attached hydrogens (tertiary/aromatic N) is 4. The molecule has 0 saturated carbocycles. The van der Waals surface area contributed by atoms with Crippen LogP contribution in [-0.2, 0) is 21.3 Å². The van der Waals surface area contributed by atoms with Gasteiger partial charge in [0.25, 0.3) is 5.69 Å². The molecule has 2 aliphatic heterocycles. The van der Waals surface area contributed by atoms with Gasteiger partial charge in [0.2, 0.25) is 10.0 Å². The first-order valence-electron chi connectivity index (χ1n) is 11.2. The number of piperazine rings is 1. The van der Waals surface area contributed by atoms with Crippen molar-refractivity contribution >= 4 is 21.4 Å². The number of benzene rings is 2. The zero-order chi connectivity index (χ0) is 23.6. The van der Waals surface area contributed by atoms with Gasteiger partial charge in [0.05, 0.1) is 22.8 Å². The van der Waals surface area contributed by atoms with Crippen LogP contribution in [0.2, 0.25) is 0 Å². The number of rotatable bonds is 6. The molecule has 0 aromatic heterocycles. The van der Waals surface area contributed by atoms with Gasteiger partial charge in [-0.1, -0.05) is 30.3 Å². The molecule has 2 atom stereocenters. The summed E-state index contributed by atoms with van der Waals surface area (Å²) >= 11 is 0. The van der Waals surface area contributed by atoms with Crippen LogP contribution in [0.5, 0.6) is 0 Å². The standard InChI is InChI=1S/C23H30N4O5S/c1-18-15-26(16-19(2)32-18)33(30,31)23-14-21(27(28)29)8-9-22(23)25-12-10-24(11-13-25)17-20-6-4-3-5-7-20/h3-9,14,18-19H,10-13,15-17H2,1-2H3. The van der Waals surface area contributed by atoms with Crippen LogP contribution in [0.25, 0.3) is 0 Å². The average molecular weight is 475 g/mol. The molecule has 4 rings (SSSR count). The molecular weight excluding hydrogens is 444 g/mol. The molecule has 0 N–H and O–H groups in total. The summed E-state index contributed by atoms with van der Waals surface area (Å²) in [6.45, 7) is 7.78. The lowest BCUT2D eigenvalue weighted by atomic mass is 10.2. The van der Waals surface area contributed by atoms with Crippen LogP contribution >= 0.6 is 0 Å². The highest BCUT2D eigenvalue weighted by Crippen LogP contribution is 2.33. The Morgan fingerprint density at radius 2 is 1.64 bits per heavy atom. The molecular formula is C23H30N4O5S. The van der Waals surface area contributed by atoms with Crippen molar-refractivity contribution in [2.75, 3.05) is 44.2 Å². The molecule has 2 heterocycles. The van der Waals surface area contributed by atoms with E-state index in [1.807, 2.05) is 36.9 Å². The molecule has 2 aliphatic rings. The molecule has 178 valence electrons. The molecule has 0 amide bonds. The first-order valence-corrected chi connectivity index (χ1v) is 12.6. The van der Waals surface area contributed by atoms with Crippen LogP contribution in [0.3, 0.4) is 0 Å². The number of hydrogen-bond acceptors (Lipinski definition) is 7. The van der Waals surface area contributed by atoms with Gasteiger partial charge in [0.1, 0.15) is 4.90 Å². The Morgan fingerprint density at radius 3 is 2.24 bits per heavy atom. The Bertz CT molecular complexity index is 1080. The SMILES string of the molecule is CC1CN(S(=O)(=O)c2cc([N+](=O)[O-])ccc2N2CCN(Cc3ccccc3)CC2)CC(C)O1. The maximum Gasteiger partial charge on any atom is 0.270 e. The van der Waals surface area contributed by atoms with Crippen LogP contribution in [-0.4, -0.2) is 74.0 Å². The minimum Gasteiger partial charge on any atom is -0.373 e. The molecule has 2 unspecified atom stereocenters. The Hall–Kier alpha value is -2.53. The van der Waals surface area contributed by atoms with E-state index >= 15 is 0 Å². The molecule has 0 bridgehead atoms. The maximum absolute atomic E-state index is 13.6. The average Bonchev–Trinajstić information content (AvgIpc) is 2.79. The van der Waals surface area contributed by atoms with E-state index in [-0.39, 0.29) is 35.9 Å². The summed E-state index contributed by atoms with van der Waals surface area (Å²) in [5.41, 5.74) is 1.53. The fourth-order valence-corrected chi connectivity index (χ4v) is 6.36. The van der Waals surface area contributed by atoms with Gasteiger partial charge in [-0.2, -0.15) is 4.31 Å². The quantitative estimate of drug-likeness (QED) is 0.469. The highest BCUT2D eigenvalue weighted by molar-refractivity contribution is 7.89. The van der Waals surface area contributed by atoms with Crippen molar-refractivity contribution in [3.63, 3.8) is 0 Å². The van der Waals surface area contributed by atoms with Gasteiger partial charge in [0, 0.05) is 57.9 Å². The zero-order valence-electron chi connectivity index (χ0n) is 19.0. The van der Waals surface area contributed by atoms with Gasteiger partial charge in [-0.05, 0) is 25.5 Å². The smallest absolute Gasteiger partial charge is 0.270 e. The zero-order valence-corrected chi connectivity index (χ0v) is 19.8. The number of morpholine rings is 1. The number of nitro benzene ring substituents is 1. The van der Waals surface area contributed by atoms with Crippen molar-refractivity contribution in [2.45, 2.75) is 37.5 Å². The van der Waals surface area contributed by atoms with Crippen molar-refractivity contribution in [1.29, 1.82) is 0 Å². The monoisotopic (exact) mass is 474 g/mol. The third kappa shape index (κ3) is 5.35. The van der Waals surface area contributed by atoms with Crippen LogP contribution in [0.1, 0.15) is 19.4 Å². The fourth-order valence-electron chi connectivity index (χ4n) is 4.54. The van der Waals surface area contributed by atoms with E-state index in [1.54, 1.807) is 6.07 Å². The van der Waals surface area contributed by atoms with E-state index in [1.165, 1.54) is 22.0 Å². The predicted molar refractivity (Wildman–Crippen MR) is 126 cm³/mol. The van der Waals surface area contributed by atoms with E-state index in [9.17, 15) is 18.5 Å². The number of sulfonamides is 1. The molecule has 2 aromatic rings. The second kappa shape index (κ2) is 9.76. The van der Waals surface area contributed by atoms with Gasteiger partial charge in [-0.15, -0.1) is 0 Å². The summed E-state index contributed by atoms with van der Waals surface area (Å²) in [6.07, 6.45) is -0.487. The molecule has 0 spiro atoms. The van der Waals surface area contributed by atoms with E-state index in [4.69, 9.17) is 4.74 Å². The largest absolute Gasteiger partial charge is 0.373 e. The summed E-state index contributed by atoms with van der Waals surface area (Å²) in [7, 11) is -3.93. The van der Waals surface area contributed by atoms with Crippen molar-refractivity contribution in [3.05, 3.63) is 64.2 Å². The number of ether oxygens (including phenoxy) is 1. The Kier molecular flexibility index (Phi) is 6.99. The Morgan fingerprint density at radius 1 is 1.00 bits per heavy atom. The van der Waals surface area contributed by atoms with Crippen LogP contribution < -0.4 is 4.90 Å². The molecule has 2 aromatic carbocycles. The minimum absolute atomic E-state index is 0.00508. The number of non-ortho nitro benzene ring substituents is 1. The Balaban J connectivity index is 1.58. The molecule has 2 fully saturated rings. The highest BCUT2D eigenvalue weighted by atomic mass is 32.2. The topological polar surface area (TPSA) is 96.2 Å². The summed E-state index contributed by atoms with van der Waals surface area (Å²) in [6, 6.07) is 14.4. The van der Waals surface area contributed by atoms with E-state index in [2.05, 4.69) is 17.0 Å². The summed E-state index contributed by atoms with van der Waals surface area (Å²) in [4.78, 5) is 15.2. The second-order valence-electron chi connectivity index (χ2n) is 8.74. The lowest BCUT2D eigenvalue weighted by Gasteiger charge is -2.38.